The highest BCUT2D eigenvalue weighted by Gasteiger charge is 2.22. The number of rotatable bonds is 3. The van der Waals surface area contributed by atoms with Gasteiger partial charge in [0.2, 0.25) is 0 Å². The van der Waals surface area contributed by atoms with Crippen LogP contribution in [-0.2, 0) is 19.4 Å². The summed E-state index contributed by atoms with van der Waals surface area (Å²) in [7, 11) is 0. The minimum atomic E-state index is 0.0278. The summed E-state index contributed by atoms with van der Waals surface area (Å²) in [6, 6.07) is 0. The largest absolute Gasteiger partial charge is 0.351 e. The quantitative estimate of drug-likeness (QED) is 0.841. The van der Waals surface area contributed by atoms with Crippen molar-refractivity contribution >= 4 is 5.91 Å². The van der Waals surface area contributed by atoms with Crippen molar-refractivity contribution in [1.82, 2.24) is 14.9 Å². The molecule has 0 radical (unpaired) electrons. The molecule has 0 saturated heterocycles. The van der Waals surface area contributed by atoms with Gasteiger partial charge in [-0.1, -0.05) is 6.92 Å². The fourth-order valence-corrected chi connectivity index (χ4v) is 2.28. The minimum Gasteiger partial charge on any atom is -0.351 e. The number of aryl methyl sites for hydroxylation is 2. The summed E-state index contributed by atoms with van der Waals surface area (Å²) in [4.78, 5) is 16.6. The summed E-state index contributed by atoms with van der Waals surface area (Å²) in [5, 5.41) is 2.87. The minimum absolute atomic E-state index is 0.0278. The molecule has 88 valence electrons. The Kier molecular flexibility index (Phi) is 3.27. The number of carbonyl (C=O) groups excluding carboxylic acids is 1. The maximum Gasteiger partial charge on any atom is 0.269 e. The van der Waals surface area contributed by atoms with Crippen LogP contribution in [0.3, 0.4) is 0 Å². The number of nitrogens with zero attached hydrogens (tertiary/aromatic N) is 2. The van der Waals surface area contributed by atoms with E-state index in [2.05, 4.69) is 21.8 Å². The Hall–Kier alpha value is -1.32. The number of carbonyl (C=O) groups is 1. The first kappa shape index (κ1) is 11.2. The van der Waals surface area contributed by atoms with Crippen LogP contribution in [-0.4, -0.2) is 22.0 Å². The molecule has 0 spiro atoms. The van der Waals surface area contributed by atoms with Crippen molar-refractivity contribution in [2.24, 2.45) is 0 Å². The van der Waals surface area contributed by atoms with E-state index in [-0.39, 0.29) is 5.91 Å². The van der Waals surface area contributed by atoms with E-state index in [1.807, 2.05) is 6.92 Å². The lowest BCUT2D eigenvalue weighted by atomic mass is 10.1. The molecule has 0 saturated carbocycles. The number of fused-ring (bicyclic) bond motifs is 1. The van der Waals surface area contributed by atoms with E-state index in [4.69, 9.17) is 0 Å². The average Bonchev–Trinajstić information content (AvgIpc) is 2.67. The van der Waals surface area contributed by atoms with Gasteiger partial charge >= 0.3 is 0 Å². The lowest BCUT2D eigenvalue weighted by molar-refractivity contribution is 0.0944. The summed E-state index contributed by atoms with van der Waals surface area (Å²) >= 11 is 0. The van der Waals surface area contributed by atoms with Crippen LogP contribution in [0, 0.1) is 0 Å². The van der Waals surface area contributed by atoms with Crippen LogP contribution in [0.1, 0.15) is 48.7 Å². The topological polar surface area (TPSA) is 46.9 Å². The third-order valence-electron chi connectivity index (χ3n) is 3.04. The zero-order valence-corrected chi connectivity index (χ0v) is 10.0. The molecule has 1 aromatic rings. The molecule has 0 aliphatic carbocycles. The Morgan fingerprint density at radius 3 is 2.94 bits per heavy atom. The van der Waals surface area contributed by atoms with E-state index >= 15 is 0 Å². The second-order valence-corrected chi connectivity index (χ2v) is 4.15. The van der Waals surface area contributed by atoms with Crippen LogP contribution in [0.5, 0.6) is 0 Å². The molecule has 0 fully saturated rings. The van der Waals surface area contributed by atoms with E-state index in [1.54, 1.807) is 0 Å². The van der Waals surface area contributed by atoms with Gasteiger partial charge in [-0.3, -0.25) is 4.79 Å². The van der Waals surface area contributed by atoms with E-state index in [0.29, 0.717) is 6.54 Å². The van der Waals surface area contributed by atoms with Gasteiger partial charge in [0.1, 0.15) is 11.5 Å². The van der Waals surface area contributed by atoms with Crippen LogP contribution in [0.25, 0.3) is 0 Å². The average molecular weight is 221 g/mol. The van der Waals surface area contributed by atoms with Crippen molar-refractivity contribution in [2.45, 2.75) is 46.1 Å². The number of amides is 1. The molecule has 0 bridgehead atoms. The monoisotopic (exact) mass is 221 g/mol. The Labute approximate surface area is 96.1 Å². The zero-order valence-electron chi connectivity index (χ0n) is 10.0. The van der Waals surface area contributed by atoms with Gasteiger partial charge in [-0.15, -0.1) is 0 Å². The van der Waals surface area contributed by atoms with E-state index < -0.39 is 0 Å². The van der Waals surface area contributed by atoms with E-state index in [0.717, 1.165) is 43.0 Å². The highest BCUT2D eigenvalue weighted by Crippen LogP contribution is 2.20. The summed E-state index contributed by atoms with van der Waals surface area (Å²) < 4.78 is 2.10. The molecule has 1 amide bonds. The van der Waals surface area contributed by atoms with Crippen molar-refractivity contribution in [3.05, 3.63) is 17.2 Å². The SMILES string of the molecule is CCNC(=O)c1c(CC)nc2n1CCCC2. The predicted octanol–water partition coefficient (Wildman–Crippen LogP) is 1.53. The first-order chi connectivity index (χ1) is 7.77. The first-order valence-electron chi connectivity index (χ1n) is 6.14. The summed E-state index contributed by atoms with van der Waals surface area (Å²) in [6.07, 6.45) is 4.17. The van der Waals surface area contributed by atoms with Gasteiger partial charge in [0.05, 0.1) is 5.69 Å². The van der Waals surface area contributed by atoms with Crippen molar-refractivity contribution < 1.29 is 4.79 Å². The lowest BCUT2D eigenvalue weighted by Crippen LogP contribution is -2.27. The number of imidazole rings is 1. The van der Waals surface area contributed by atoms with Gasteiger partial charge in [-0.25, -0.2) is 4.98 Å². The van der Waals surface area contributed by atoms with E-state index in [9.17, 15) is 4.79 Å². The van der Waals surface area contributed by atoms with Gasteiger partial charge in [0, 0.05) is 19.5 Å². The molecule has 4 nitrogen and oxygen atoms in total. The number of nitrogens with one attached hydrogen (secondary N) is 1. The molecule has 4 heteroatoms. The van der Waals surface area contributed by atoms with Crippen molar-refractivity contribution in [1.29, 1.82) is 0 Å². The fraction of sp³-hybridized carbons (Fsp3) is 0.667. The molecule has 16 heavy (non-hydrogen) atoms. The Morgan fingerprint density at radius 2 is 2.25 bits per heavy atom. The molecule has 0 atom stereocenters. The van der Waals surface area contributed by atoms with Crippen molar-refractivity contribution in [3.63, 3.8) is 0 Å². The van der Waals surface area contributed by atoms with Crippen LogP contribution in [0.15, 0.2) is 0 Å². The highest BCUT2D eigenvalue weighted by atomic mass is 16.1. The number of aromatic nitrogens is 2. The van der Waals surface area contributed by atoms with Gasteiger partial charge in [0.15, 0.2) is 0 Å². The second kappa shape index (κ2) is 4.68. The predicted molar refractivity (Wildman–Crippen MR) is 62.6 cm³/mol. The first-order valence-corrected chi connectivity index (χ1v) is 6.14. The molecule has 2 rings (SSSR count). The van der Waals surface area contributed by atoms with Crippen molar-refractivity contribution in [3.8, 4) is 0 Å². The molecule has 1 N–H and O–H groups in total. The smallest absolute Gasteiger partial charge is 0.269 e. The van der Waals surface area contributed by atoms with Crippen LogP contribution >= 0.6 is 0 Å². The molecule has 0 unspecified atom stereocenters. The molecule has 2 heterocycles. The summed E-state index contributed by atoms with van der Waals surface area (Å²) in [5.74, 6) is 1.12. The van der Waals surface area contributed by atoms with Gasteiger partial charge in [-0.05, 0) is 26.2 Å². The Balaban J connectivity index is 2.40. The van der Waals surface area contributed by atoms with Crippen LogP contribution < -0.4 is 5.32 Å². The second-order valence-electron chi connectivity index (χ2n) is 4.15. The summed E-state index contributed by atoms with van der Waals surface area (Å²) in [6.45, 7) is 5.60. The molecule has 1 aliphatic heterocycles. The standard InChI is InChI=1S/C12H19N3O/c1-3-9-11(12(16)13-4-2)15-8-6-5-7-10(15)14-9/h3-8H2,1-2H3,(H,13,16). The maximum absolute atomic E-state index is 12.0. The molecule has 0 aromatic carbocycles. The highest BCUT2D eigenvalue weighted by molar-refractivity contribution is 5.93. The normalized spacial score (nSPS) is 14.6. The van der Waals surface area contributed by atoms with Crippen molar-refractivity contribution in [2.75, 3.05) is 6.54 Å². The molecular weight excluding hydrogens is 202 g/mol. The Bertz CT molecular complexity index is 395. The van der Waals surface area contributed by atoms with Crippen LogP contribution in [0.4, 0.5) is 0 Å². The third kappa shape index (κ3) is 1.84. The third-order valence-corrected chi connectivity index (χ3v) is 3.04. The van der Waals surface area contributed by atoms with Gasteiger partial charge in [0.25, 0.3) is 5.91 Å². The maximum atomic E-state index is 12.0. The number of hydrogen-bond acceptors (Lipinski definition) is 2. The fourth-order valence-electron chi connectivity index (χ4n) is 2.28. The van der Waals surface area contributed by atoms with E-state index in [1.165, 1.54) is 6.42 Å². The number of hydrogen-bond donors (Lipinski definition) is 1. The molecular formula is C12H19N3O. The summed E-state index contributed by atoms with van der Waals surface area (Å²) in [5.41, 5.74) is 1.74. The lowest BCUT2D eigenvalue weighted by Gasteiger charge is -2.16. The van der Waals surface area contributed by atoms with Gasteiger partial charge < -0.3 is 9.88 Å². The molecule has 1 aliphatic rings. The van der Waals surface area contributed by atoms with Gasteiger partial charge in [-0.2, -0.15) is 0 Å². The zero-order chi connectivity index (χ0) is 11.5. The Morgan fingerprint density at radius 1 is 1.44 bits per heavy atom. The van der Waals surface area contributed by atoms with Crippen LogP contribution in [0.2, 0.25) is 0 Å². The molecule has 1 aromatic heterocycles.